The Labute approximate surface area is 341 Å². The van der Waals surface area contributed by atoms with E-state index in [1.165, 1.54) is 9.80 Å². The van der Waals surface area contributed by atoms with Gasteiger partial charge in [-0.15, -0.1) is 0 Å². The number of ether oxygens (including phenoxy) is 2. The molecule has 0 aliphatic heterocycles. The zero-order valence-electron chi connectivity index (χ0n) is 33.5. The smallest absolute Gasteiger partial charge is 0.307 e. The van der Waals surface area contributed by atoms with Gasteiger partial charge in [0.1, 0.15) is 0 Å². The average Bonchev–Trinajstić information content (AvgIpc) is 3.26. The summed E-state index contributed by atoms with van der Waals surface area (Å²) in [5.41, 5.74) is 6.96. The molecule has 0 radical (unpaired) electrons. The van der Waals surface area contributed by atoms with E-state index in [4.69, 9.17) is 9.47 Å². The third kappa shape index (κ3) is 12.6. The van der Waals surface area contributed by atoms with Gasteiger partial charge in [0.15, 0.2) is 0 Å². The first kappa shape index (κ1) is 42.3. The molecule has 2 amide bonds. The molecule has 8 heteroatoms. The number of carbonyl (C=O) groups excluding carboxylic acids is 4. The van der Waals surface area contributed by atoms with Gasteiger partial charge < -0.3 is 19.3 Å². The highest BCUT2D eigenvalue weighted by molar-refractivity contribution is 5.98. The predicted molar refractivity (Wildman–Crippen MR) is 229 cm³/mol. The fourth-order valence-corrected chi connectivity index (χ4v) is 6.26. The van der Waals surface area contributed by atoms with Crippen LogP contribution in [0.2, 0.25) is 0 Å². The monoisotopic (exact) mass is 774 g/mol. The number of hydrogen-bond acceptors (Lipinski definition) is 6. The number of para-hydroxylation sites is 2. The van der Waals surface area contributed by atoms with Crippen LogP contribution < -0.4 is 9.80 Å². The Balaban J connectivity index is 0.000000221. The standard InChI is InChI=1S/2C25H25NO3/c2*1-19-10-9-13-21(18-19)24(25(28)26(2)22-14-7-4-8-15-22)29-23(27)17-16-20-11-5-3-6-12-20/h2*3-15,18,24H,16-17H2,1-2H3/t2*24-/m00/s1. The summed E-state index contributed by atoms with van der Waals surface area (Å²) in [5.74, 6) is -1.35. The van der Waals surface area contributed by atoms with E-state index in [9.17, 15) is 19.2 Å². The van der Waals surface area contributed by atoms with Crippen molar-refractivity contribution in [2.45, 2.75) is 51.7 Å². The Morgan fingerprint density at radius 2 is 0.776 bits per heavy atom. The lowest BCUT2D eigenvalue weighted by Crippen LogP contribution is -2.34. The van der Waals surface area contributed by atoms with Gasteiger partial charge in [-0.2, -0.15) is 0 Å². The lowest BCUT2D eigenvalue weighted by atomic mass is 10.0. The molecule has 0 fully saturated rings. The lowest BCUT2D eigenvalue weighted by Gasteiger charge is -2.24. The molecule has 0 N–H and O–H groups in total. The first-order chi connectivity index (χ1) is 28.1. The van der Waals surface area contributed by atoms with Crippen molar-refractivity contribution >= 4 is 35.1 Å². The zero-order chi connectivity index (χ0) is 41.3. The van der Waals surface area contributed by atoms with Crippen LogP contribution in [0.4, 0.5) is 11.4 Å². The number of nitrogens with zero attached hydrogens (tertiary/aromatic N) is 2. The van der Waals surface area contributed by atoms with E-state index < -0.39 is 24.1 Å². The van der Waals surface area contributed by atoms with Crippen molar-refractivity contribution in [1.29, 1.82) is 0 Å². The van der Waals surface area contributed by atoms with Crippen LogP contribution in [-0.4, -0.2) is 37.8 Å². The second kappa shape index (κ2) is 21.5. The topological polar surface area (TPSA) is 93.2 Å². The van der Waals surface area contributed by atoms with Crippen LogP contribution in [0.25, 0.3) is 0 Å². The van der Waals surface area contributed by atoms with Gasteiger partial charge in [-0.1, -0.05) is 157 Å². The van der Waals surface area contributed by atoms with Crippen LogP contribution in [-0.2, 0) is 41.5 Å². The molecule has 0 aromatic heterocycles. The summed E-state index contributed by atoms with van der Waals surface area (Å²) in [6.45, 7) is 3.90. The molecule has 0 aliphatic carbocycles. The highest BCUT2D eigenvalue weighted by Crippen LogP contribution is 2.26. The summed E-state index contributed by atoms with van der Waals surface area (Å²) in [6, 6.07) is 53.2. The number of carbonyl (C=O) groups is 4. The van der Waals surface area contributed by atoms with Gasteiger partial charge >= 0.3 is 11.9 Å². The molecule has 8 nitrogen and oxygen atoms in total. The second-order valence-corrected chi connectivity index (χ2v) is 14.0. The molecule has 296 valence electrons. The Hall–Kier alpha value is -6.80. The summed E-state index contributed by atoms with van der Waals surface area (Å²) in [4.78, 5) is 54.6. The SMILES string of the molecule is Cc1cccc([C@H](OC(=O)CCc2ccccc2)C(=O)N(C)c2ccccc2)c1.Cc1cccc([C@H](OC(=O)CCc2ccccc2)C(=O)N(C)c2ccccc2)c1. The highest BCUT2D eigenvalue weighted by Gasteiger charge is 2.30. The van der Waals surface area contributed by atoms with E-state index in [0.717, 1.165) is 33.6 Å². The number of esters is 2. The van der Waals surface area contributed by atoms with Crippen LogP contribution in [0.3, 0.4) is 0 Å². The van der Waals surface area contributed by atoms with E-state index in [2.05, 4.69) is 0 Å². The van der Waals surface area contributed by atoms with Gasteiger partial charge in [-0.3, -0.25) is 19.2 Å². The number of aryl methyl sites for hydroxylation is 4. The number of anilines is 2. The third-order valence-electron chi connectivity index (χ3n) is 9.51. The number of amides is 2. The van der Waals surface area contributed by atoms with Crippen LogP contribution >= 0.6 is 0 Å². The van der Waals surface area contributed by atoms with Gasteiger partial charge in [-0.25, -0.2) is 0 Å². The van der Waals surface area contributed by atoms with Crippen molar-refractivity contribution < 1.29 is 28.7 Å². The molecular formula is C50H50N2O6. The summed E-state index contributed by atoms with van der Waals surface area (Å²) < 4.78 is 11.4. The Kier molecular flexibility index (Phi) is 15.7. The van der Waals surface area contributed by atoms with Gasteiger partial charge in [0.05, 0.1) is 0 Å². The molecule has 6 aromatic rings. The molecule has 6 aromatic carbocycles. The molecule has 0 unspecified atom stereocenters. The van der Waals surface area contributed by atoms with Crippen molar-refractivity contribution in [1.82, 2.24) is 0 Å². The number of rotatable bonds is 14. The largest absolute Gasteiger partial charge is 0.447 e. The van der Waals surface area contributed by atoms with Crippen LogP contribution in [0.1, 0.15) is 58.4 Å². The maximum absolute atomic E-state index is 13.2. The van der Waals surface area contributed by atoms with E-state index in [-0.39, 0.29) is 24.7 Å². The second-order valence-electron chi connectivity index (χ2n) is 14.0. The first-order valence-electron chi connectivity index (χ1n) is 19.3. The highest BCUT2D eigenvalue weighted by atomic mass is 16.6. The van der Waals surface area contributed by atoms with E-state index in [1.807, 2.05) is 184 Å². The molecule has 0 bridgehead atoms. The van der Waals surface area contributed by atoms with Crippen LogP contribution in [0, 0.1) is 13.8 Å². The quantitative estimate of drug-likeness (QED) is 0.102. The van der Waals surface area contributed by atoms with Crippen molar-refractivity contribution in [3.8, 4) is 0 Å². The molecule has 0 aliphatic rings. The van der Waals surface area contributed by atoms with Crippen molar-refractivity contribution in [3.63, 3.8) is 0 Å². The fraction of sp³-hybridized carbons (Fsp3) is 0.200. The van der Waals surface area contributed by atoms with Gasteiger partial charge in [-0.05, 0) is 62.1 Å². The predicted octanol–water partition coefficient (Wildman–Crippen LogP) is 9.75. The minimum atomic E-state index is -0.983. The first-order valence-corrected chi connectivity index (χ1v) is 19.3. The van der Waals surface area contributed by atoms with Gasteiger partial charge in [0.2, 0.25) is 12.2 Å². The minimum Gasteiger partial charge on any atom is -0.447 e. The average molecular weight is 775 g/mol. The molecule has 58 heavy (non-hydrogen) atoms. The Morgan fingerprint density at radius 1 is 0.448 bits per heavy atom. The number of benzene rings is 6. The van der Waals surface area contributed by atoms with Crippen LogP contribution in [0.5, 0.6) is 0 Å². The maximum Gasteiger partial charge on any atom is 0.307 e. The summed E-state index contributed by atoms with van der Waals surface area (Å²) in [7, 11) is 3.39. The molecule has 0 heterocycles. The molecule has 2 atom stereocenters. The van der Waals surface area contributed by atoms with Gasteiger partial charge in [0, 0.05) is 49.4 Å². The third-order valence-corrected chi connectivity index (χ3v) is 9.51. The maximum atomic E-state index is 13.2. The van der Waals surface area contributed by atoms with E-state index in [1.54, 1.807) is 14.1 Å². The summed E-state index contributed by atoms with van der Waals surface area (Å²) >= 11 is 0. The molecule has 0 saturated heterocycles. The van der Waals surface area contributed by atoms with Crippen LogP contribution in [0.15, 0.2) is 170 Å². The Bertz CT molecular complexity index is 2070. The fourth-order valence-electron chi connectivity index (χ4n) is 6.26. The van der Waals surface area contributed by atoms with E-state index >= 15 is 0 Å². The molecule has 0 saturated carbocycles. The van der Waals surface area contributed by atoms with Crippen molar-refractivity contribution in [2.24, 2.45) is 0 Å². The molecular weight excluding hydrogens is 725 g/mol. The normalized spacial score (nSPS) is 11.5. The Morgan fingerprint density at radius 3 is 1.10 bits per heavy atom. The lowest BCUT2D eigenvalue weighted by molar-refractivity contribution is -0.155. The van der Waals surface area contributed by atoms with Gasteiger partial charge in [0.25, 0.3) is 11.8 Å². The molecule has 6 rings (SSSR count). The van der Waals surface area contributed by atoms with E-state index in [0.29, 0.717) is 24.0 Å². The summed E-state index contributed by atoms with van der Waals surface area (Å²) in [6.07, 6.45) is -0.387. The number of likely N-dealkylation sites (N-methyl/N-ethyl adjacent to an activating group) is 2. The minimum absolute atomic E-state index is 0.217. The zero-order valence-corrected chi connectivity index (χ0v) is 33.5. The van der Waals surface area contributed by atoms with Crippen molar-refractivity contribution in [2.75, 3.05) is 23.9 Å². The molecule has 0 spiro atoms. The summed E-state index contributed by atoms with van der Waals surface area (Å²) in [5, 5.41) is 0. The number of hydrogen-bond donors (Lipinski definition) is 0. The van der Waals surface area contributed by atoms with Crippen molar-refractivity contribution in [3.05, 3.63) is 203 Å².